The van der Waals surface area contributed by atoms with E-state index in [0.29, 0.717) is 18.2 Å². The van der Waals surface area contributed by atoms with Crippen molar-refractivity contribution >= 4 is 33.2 Å². The number of hydrogen-bond donors (Lipinski definition) is 0. The number of morpholine rings is 1. The van der Waals surface area contributed by atoms with Gasteiger partial charge in [-0.2, -0.15) is 4.31 Å². The first-order valence-electron chi connectivity index (χ1n) is 7.10. The van der Waals surface area contributed by atoms with Crippen LogP contribution in [0.15, 0.2) is 53.4 Å². The molecule has 0 bridgehead atoms. The van der Waals surface area contributed by atoms with Crippen molar-refractivity contribution < 1.29 is 13.2 Å². The van der Waals surface area contributed by atoms with E-state index >= 15 is 0 Å². The molecule has 1 heterocycles. The van der Waals surface area contributed by atoms with Crippen LogP contribution in [0.25, 0.3) is 0 Å². The van der Waals surface area contributed by atoms with Crippen LogP contribution in [0.2, 0.25) is 10.0 Å². The Hall–Kier alpha value is -1.11. The summed E-state index contributed by atoms with van der Waals surface area (Å²) in [5.41, 5.74) is 0.858. The SMILES string of the molecule is O=S(=O)(c1ccccc1Cl)N1CCOC(c2cccc(Cl)c2)C1. The Labute approximate surface area is 145 Å². The van der Waals surface area contributed by atoms with Gasteiger partial charge in [-0.25, -0.2) is 8.42 Å². The summed E-state index contributed by atoms with van der Waals surface area (Å²) in [6, 6.07) is 13.7. The molecule has 0 amide bonds. The summed E-state index contributed by atoms with van der Waals surface area (Å²) >= 11 is 12.0. The van der Waals surface area contributed by atoms with Crippen molar-refractivity contribution in [2.75, 3.05) is 19.7 Å². The van der Waals surface area contributed by atoms with Gasteiger partial charge >= 0.3 is 0 Å². The first kappa shape index (κ1) is 16.7. The van der Waals surface area contributed by atoms with Crippen LogP contribution in [0, 0.1) is 0 Å². The molecule has 4 nitrogen and oxygen atoms in total. The lowest BCUT2D eigenvalue weighted by Crippen LogP contribution is -2.42. The highest BCUT2D eigenvalue weighted by Gasteiger charge is 2.32. The van der Waals surface area contributed by atoms with Gasteiger partial charge in [-0.15, -0.1) is 0 Å². The predicted molar refractivity (Wildman–Crippen MR) is 90.4 cm³/mol. The van der Waals surface area contributed by atoms with E-state index in [9.17, 15) is 8.42 Å². The average Bonchev–Trinajstić information content (AvgIpc) is 2.55. The largest absolute Gasteiger partial charge is 0.371 e. The number of rotatable bonds is 3. The van der Waals surface area contributed by atoms with Gasteiger partial charge in [0.1, 0.15) is 4.90 Å². The lowest BCUT2D eigenvalue weighted by molar-refractivity contribution is -0.00254. The first-order valence-corrected chi connectivity index (χ1v) is 9.30. The minimum absolute atomic E-state index is 0.119. The molecule has 1 aliphatic heterocycles. The van der Waals surface area contributed by atoms with Crippen molar-refractivity contribution in [3.05, 3.63) is 64.1 Å². The zero-order valence-electron chi connectivity index (χ0n) is 12.2. The number of sulfonamides is 1. The topological polar surface area (TPSA) is 46.6 Å². The second-order valence-corrected chi connectivity index (χ2v) is 7.96. The van der Waals surface area contributed by atoms with Crippen LogP contribution < -0.4 is 0 Å². The van der Waals surface area contributed by atoms with Gasteiger partial charge in [0.25, 0.3) is 0 Å². The van der Waals surface area contributed by atoms with Crippen molar-refractivity contribution in [3.63, 3.8) is 0 Å². The van der Waals surface area contributed by atoms with Gasteiger partial charge in [0, 0.05) is 18.1 Å². The van der Waals surface area contributed by atoms with Crippen LogP contribution in [-0.4, -0.2) is 32.4 Å². The average molecular weight is 372 g/mol. The summed E-state index contributed by atoms with van der Waals surface area (Å²) in [7, 11) is -3.66. The van der Waals surface area contributed by atoms with Crippen LogP contribution in [0.4, 0.5) is 0 Å². The zero-order chi connectivity index (χ0) is 16.4. The van der Waals surface area contributed by atoms with Crippen molar-refractivity contribution in [1.29, 1.82) is 0 Å². The third-order valence-corrected chi connectivity index (χ3v) is 6.30. The number of halogens is 2. The molecule has 0 saturated carbocycles. The normalized spacial score (nSPS) is 19.7. The maximum atomic E-state index is 12.8. The Morgan fingerprint density at radius 3 is 2.61 bits per heavy atom. The number of hydrogen-bond acceptors (Lipinski definition) is 3. The Kier molecular flexibility index (Phi) is 4.94. The molecule has 2 aromatic carbocycles. The molecule has 0 aliphatic carbocycles. The molecular weight excluding hydrogens is 357 g/mol. The van der Waals surface area contributed by atoms with Crippen LogP contribution in [0.5, 0.6) is 0 Å². The lowest BCUT2D eigenvalue weighted by Gasteiger charge is -2.32. The fourth-order valence-electron chi connectivity index (χ4n) is 2.55. The van der Waals surface area contributed by atoms with Crippen LogP contribution in [-0.2, 0) is 14.8 Å². The number of benzene rings is 2. The quantitative estimate of drug-likeness (QED) is 0.824. The fourth-order valence-corrected chi connectivity index (χ4v) is 4.66. The fraction of sp³-hybridized carbons (Fsp3) is 0.250. The summed E-state index contributed by atoms with van der Waals surface area (Å²) < 4.78 is 32.7. The zero-order valence-corrected chi connectivity index (χ0v) is 14.5. The van der Waals surface area contributed by atoms with Gasteiger partial charge in [0.05, 0.1) is 17.7 Å². The van der Waals surface area contributed by atoms with Crippen molar-refractivity contribution in [3.8, 4) is 0 Å². The molecular formula is C16H15Cl2NO3S. The van der Waals surface area contributed by atoms with E-state index in [1.54, 1.807) is 30.3 Å². The third-order valence-electron chi connectivity index (χ3n) is 3.70. The van der Waals surface area contributed by atoms with Crippen LogP contribution in [0.3, 0.4) is 0 Å². The van der Waals surface area contributed by atoms with E-state index in [4.69, 9.17) is 27.9 Å². The number of ether oxygens (including phenoxy) is 1. The molecule has 7 heteroatoms. The molecule has 1 aliphatic rings. The summed E-state index contributed by atoms with van der Waals surface area (Å²) in [6.45, 7) is 0.847. The van der Waals surface area contributed by atoms with Gasteiger partial charge in [-0.1, -0.05) is 47.5 Å². The van der Waals surface area contributed by atoms with Gasteiger partial charge in [-0.3, -0.25) is 0 Å². The lowest BCUT2D eigenvalue weighted by atomic mass is 10.1. The molecule has 0 radical (unpaired) electrons. The van der Waals surface area contributed by atoms with E-state index in [1.807, 2.05) is 12.1 Å². The standard InChI is InChI=1S/C16H15Cl2NO3S/c17-13-5-3-4-12(10-13)15-11-19(8-9-22-15)23(20,21)16-7-2-1-6-14(16)18/h1-7,10,15H,8-9,11H2. The summed E-state index contributed by atoms with van der Waals surface area (Å²) in [5.74, 6) is 0. The molecule has 0 aromatic heterocycles. The Morgan fingerprint density at radius 2 is 1.87 bits per heavy atom. The monoisotopic (exact) mass is 371 g/mol. The molecule has 3 rings (SSSR count). The van der Waals surface area contributed by atoms with E-state index in [-0.39, 0.29) is 22.6 Å². The van der Waals surface area contributed by atoms with Gasteiger partial charge in [-0.05, 0) is 29.8 Å². The summed E-state index contributed by atoms with van der Waals surface area (Å²) in [6.07, 6.45) is -0.347. The van der Waals surface area contributed by atoms with Gasteiger partial charge < -0.3 is 4.74 Å². The minimum atomic E-state index is -3.66. The minimum Gasteiger partial charge on any atom is -0.371 e. The molecule has 1 saturated heterocycles. The highest BCUT2D eigenvalue weighted by Crippen LogP contribution is 2.30. The van der Waals surface area contributed by atoms with Gasteiger partial charge in [0.15, 0.2) is 0 Å². The molecule has 1 unspecified atom stereocenters. The summed E-state index contributed by atoms with van der Waals surface area (Å²) in [4.78, 5) is 0.119. The van der Waals surface area contributed by atoms with Crippen LogP contribution >= 0.6 is 23.2 Å². The Balaban J connectivity index is 1.88. The smallest absolute Gasteiger partial charge is 0.244 e. The maximum Gasteiger partial charge on any atom is 0.244 e. The maximum absolute atomic E-state index is 12.8. The summed E-state index contributed by atoms with van der Waals surface area (Å²) in [5, 5.41) is 0.815. The van der Waals surface area contributed by atoms with Gasteiger partial charge in [0.2, 0.25) is 10.0 Å². The molecule has 1 fully saturated rings. The molecule has 2 aromatic rings. The second kappa shape index (κ2) is 6.79. The second-order valence-electron chi connectivity index (χ2n) is 5.21. The molecule has 0 spiro atoms. The molecule has 0 N–H and O–H groups in total. The molecule has 1 atom stereocenters. The number of nitrogens with zero attached hydrogens (tertiary/aromatic N) is 1. The highest BCUT2D eigenvalue weighted by atomic mass is 35.5. The molecule has 122 valence electrons. The first-order chi connectivity index (χ1) is 11.0. The van der Waals surface area contributed by atoms with Crippen LogP contribution in [0.1, 0.15) is 11.7 Å². The van der Waals surface area contributed by atoms with E-state index in [0.717, 1.165) is 5.56 Å². The highest BCUT2D eigenvalue weighted by molar-refractivity contribution is 7.89. The predicted octanol–water partition coefficient (Wildman–Crippen LogP) is 3.76. The Morgan fingerprint density at radius 1 is 1.09 bits per heavy atom. The van der Waals surface area contributed by atoms with Crippen molar-refractivity contribution in [2.24, 2.45) is 0 Å². The van der Waals surface area contributed by atoms with E-state index in [2.05, 4.69) is 0 Å². The van der Waals surface area contributed by atoms with Crippen molar-refractivity contribution in [1.82, 2.24) is 4.31 Å². The Bertz CT molecular complexity index is 810. The molecule has 23 heavy (non-hydrogen) atoms. The van der Waals surface area contributed by atoms with E-state index in [1.165, 1.54) is 10.4 Å². The third kappa shape index (κ3) is 3.54. The van der Waals surface area contributed by atoms with Crippen molar-refractivity contribution in [2.45, 2.75) is 11.0 Å². The van der Waals surface area contributed by atoms with E-state index < -0.39 is 10.0 Å².